The van der Waals surface area contributed by atoms with Crippen molar-refractivity contribution in [1.29, 1.82) is 0 Å². The van der Waals surface area contributed by atoms with Crippen molar-refractivity contribution in [2.75, 3.05) is 6.54 Å². The second-order valence-corrected chi connectivity index (χ2v) is 8.82. The van der Waals surface area contributed by atoms with Crippen molar-refractivity contribution in [2.24, 2.45) is 0 Å². The molecule has 0 saturated carbocycles. The van der Waals surface area contributed by atoms with Crippen molar-refractivity contribution in [2.45, 2.75) is 29.7 Å². The summed E-state index contributed by atoms with van der Waals surface area (Å²) >= 11 is 0. The van der Waals surface area contributed by atoms with Crippen molar-refractivity contribution in [3.8, 4) is 0 Å². The second kappa shape index (κ2) is 6.26. The largest absolute Gasteiger partial charge is 0.261 e. The normalized spacial score (nSPS) is 12.8. The summed E-state index contributed by atoms with van der Waals surface area (Å²) in [5.41, 5.74) is 0. The average Bonchev–Trinajstić information content (AvgIpc) is 2.34. The zero-order chi connectivity index (χ0) is 15.6. The first-order valence-corrected chi connectivity index (χ1v) is 9.53. The van der Waals surface area contributed by atoms with Crippen molar-refractivity contribution in [1.82, 2.24) is 4.31 Å². The van der Waals surface area contributed by atoms with Crippen LogP contribution in [0.2, 0.25) is 0 Å². The van der Waals surface area contributed by atoms with Crippen LogP contribution in [0.25, 0.3) is 0 Å². The summed E-state index contributed by atoms with van der Waals surface area (Å²) in [6.07, 6.45) is 1.50. The Kier molecular flexibility index (Phi) is 5.37. The van der Waals surface area contributed by atoms with E-state index in [0.29, 0.717) is 0 Å². The molecule has 0 fully saturated rings. The summed E-state index contributed by atoms with van der Waals surface area (Å²) < 4.78 is 48.4. The van der Waals surface area contributed by atoms with Crippen molar-refractivity contribution >= 4 is 29.8 Å². The molecule has 1 aromatic rings. The van der Waals surface area contributed by atoms with Crippen LogP contribution in [0, 0.1) is 0 Å². The summed E-state index contributed by atoms with van der Waals surface area (Å²) in [4.78, 5) is -0.130. The highest BCUT2D eigenvalue weighted by molar-refractivity contribution is 8.13. The van der Waals surface area contributed by atoms with Crippen molar-refractivity contribution in [3.05, 3.63) is 36.9 Å². The average molecular weight is 338 g/mol. The summed E-state index contributed by atoms with van der Waals surface area (Å²) in [7, 11) is -2.38. The molecule has 0 amide bonds. The molecule has 112 valence electrons. The third-order valence-electron chi connectivity index (χ3n) is 2.60. The van der Waals surface area contributed by atoms with Crippen LogP contribution >= 0.6 is 10.7 Å². The Balaban J connectivity index is 3.25. The topological polar surface area (TPSA) is 71.5 Å². The van der Waals surface area contributed by atoms with E-state index in [2.05, 4.69) is 6.58 Å². The number of rotatable bonds is 6. The number of benzene rings is 1. The summed E-state index contributed by atoms with van der Waals surface area (Å²) in [5.74, 6) is 0. The minimum absolute atomic E-state index is 0.0112. The number of hydrogen-bond acceptors (Lipinski definition) is 4. The van der Waals surface area contributed by atoms with Crippen molar-refractivity contribution < 1.29 is 16.8 Å². The molecule has 0 aromatic heterocycles. The molecule has 0 saturated heterocycles. The quantitative estimate of drug-likeness (QED) is 0.589. The van der Waals surface area contributed by atoms with Gasteiger partial charge in [-0.15, -0.1) is 6.58 Å². The van der Waals surface area contributed by atoms with Gasteiger partial charge in [-0.05, 0) is 38.1 Å². The Hall–Kier alpha value is -0.890. The van der Waals surface area contributed by atoms with Gasteiger partial charge >= 0.3 is 0 Å². The highest BCUT2D eigenvalue weighted by Gasteiger charge is 2.26. The third kappa shape index (κ3) is 3.82. The zero-order valence-corrected chi connectivity index (χ0v) is 13.5. The maximum absolute atomic E-state index is 12.4. The van der Waals surface area contributed by atoms with E-state index in [1.54, 1.807) is 13.8 Å². The first-order valence-electron chi connectivity index (χ1n) is 5.78. The van der Waals surface area contributed by atoms with Crippen LogP contribution in [-0.2, 0) is 19.1 Å². The van der Waals surface area contributed by atoms with E-state index in [0.717, 1.165) is 0 Å². The summed E-state index contributed by atoms with van der Waals surface area (Å²) in [6.45, 7) is 7.21. The Morgan fingerprint density at radius 1 is 1.15 bits per heavy atom. The highest BCUT2D eigenvalue weighted by atomic mass is 35.7. The fourth-order valence-electron chi connectivity index (χ4n) is 1.62. The van der Waals surface area contributed by atoms with Gasteiger partial charge in [-0.3, -0.25) is 0 Å². The van der Waals surface area contributed by atoms with E-state index < -0.39 is 19.1 Å². The minimum atomic E-state index is -3.86. The van der Waals surface area contributed by atoms with Gasteiger partial charge in [0.2, 0.25) is 10.0 Å². The van der Waals surface area contributed by atoms with Crippen LogP contribution in [0.4, 0.5) is 0 Å². The van der Waals surface area contributed by atoms with Gasteiger partial charge in [0.1, 0.15) is 0 Å². The Morgan fingerprint density at radius 2 is 1.60 bits per heavy atom. The molecule has 0 radical (unpaired) electrons. The summed E-state index contributed by atoms with van der Waals surface area (Å²) in [5, 5.41) is 0. The van der Waals surface area contributed by atoms with E-state index in [1.807, 2.05) is 0 Å². The van der Waals surface area contributed by atoms with E-state index in [9.17, 15) is 16.8 Å². The molecule has 0 aliphatic rings. The molecule has 0 atom stereocenters. The molecule has 1 aromatic carbocycles. The first-order chi connectivity index (χ1) is 9.10. The lowest BCUT2D eigenvalue weighted by molar-refractivity contribution is 0.383. The Labute approximate surface area is 124 Å². The van der Waals surface area contributed by atoms with Gasteiger partial charge in [-0.1, -0.05) is 6.08 Å². The zero-order valence-electron chi connectivity index (χ0n) is 11.2. The molecule has 0 heterocycles. The fraction of sp³-hybridized carbons (Fsp3) is 0.333. The first kappa shape index (κ1) is 17.2. The lowest BCUT2D eigenvalue weighted by Gasteiger charge is -2.24. The maximum atomic E-state index is 12.4. The lowest BCUT2D eigenvalue weighted by Crippen LogP contribution is -2.36. The van der Waals surface area contributed by atoms with Gasteiger partial charge in [-0.25, -0.2) is 16.8 Å². The van der Waals surface area contributed by atoms with E-state index in [4.69, 9.17) is 10.7 Å². The molecule has 0 spiro atoms. The van der Waals surface area contributed by atoms with Crippen LogP contribution in [-0.4, -0.2) is 33.7 Å². The van der Waals surface area contributed by atoms with Crippen LogP contribution in [0.15, 0.2) is 46.7 Å². The van der Waals surface area contributed by atoms with E-state index in [-0.39, 0.29) is 22.4 Å². The van der Waals surface area contributed by atoms with E-state index >= 15 is 0 Å². The number of nitrogens with zero attached hydrogens (tertiary/aromatic N) is 1. The van der Waals surface area contributed by atoms with Crippen molar-refractivity contribution in [3.63, 3.8) is 0 Å². The van der Waals surface area contributed by atoms with Gasteiger partial charge in [0.15, 0.2) is 0 Å². The van der Waals surface area contributed by atoms with Gasteiger partial charge in [-0.2, -0.15) is 4.31 Å². The molecule has 1 rings (SSSR count). The molecular formula is C12H16ClNO4S2. The van der Waals surface area contributed by atoms with Crippen LogP contribution < -0.4 is 0 Å². The predicted octanol–water partition coefficient (Wildman–Crippen LogP) is 2.20. The molecule has 5 nitrogen and oxygen atoms in total. The SMILES string of the molecule is C=CCN(C(C)C)S(=O)(=O)c1ccc(S(=O)(=O)Cl)cc1. The van der Waals surface area contributed by atoms with Gasteiger partial charge < -0.3 is 0 Å². The maximum Gasteiger partial charge on any atom is 0.261 e. The Bertz CT molecular complexity index is 679. The minimum Gasteiger partial charge on any atom is -0.207 e. The number of halogens is 1. The highest BCUT2D eigenvalue weighted by Crippen LogP contribution is 2.21. The second-order valence-electron chi connectivity index (χ2n) is 4.37. The monoisotopic (exact) mass is 337 g/mol. The smallest absolute Gasteiger partial charge is 0.207 e. The van der Waals surface area contributed by atoms with Crippen LogP contribution in [0.1, 0.15) is 13.8 Å². The lowest BCUT2D eigenvalue weighted by atomic mass is 10.4. The molecule has 0 unspecified atom stereocenters. The predicted molar refractivity (Wildman–Crippen MR) is 78.7 cm³/mol. The molecule has 0 aliphatic carbocycles. The molecule has 0 bridgehead atoms. The number of hydrogen-bond donors (Lipinski definition) is 0. The van der Waals surface area contributed by atoms with Gasteiger partial charge in [0.05, 0.1) is 9.79 Å². The van der Waals surface area contributed by atoms with E-state index in [1.165, 1.54) is 34.6 Å². The van der Waals surface area contributed by atoms with Crippen LogP contribution in [0.3, 0.4) is 0 Å². The third-order valence-corrected chi connectivity index (χ3v) is 6.02. The molecular weight excluding hydrogens is 322 g/mol. The van der Waals surface area contributed by atoms with Gasteiger partial charge in [0, 0.05) is 23.3 Å². The standard InChI is InChI=1S/C12H16ClNO4S2/c1-4-9-14(10(2)3)20(17,18)12-7-5-11(6-8-12)19(13,15)16/h4-8,10H,1,9H2,2-3H3. The summed E-state index contributed by atoms with van der Waals surface area (Å²) in [6, 6.07) is 4.55. The van der Waals surface area contributed by atoms with Crippen LogP contribution in [0.5, 0.6) is 0 Å². The molecule has 20 heavy (non-hydrogen) atoms. The molecule has 0 N–H and O–H groups in total. The number of sulfonamides is 1. The molecule has 0 aliphatic heterocycles. The fourth-order valence-corrected chi connectivity index (χ4v) is 4.00. The molecule has 8 heteroatoms. The Morgan fingerprint density at radius 3 is 1.95 bits per heavy atom. The van der Waals surface area contributed by atoms with Gasteiger partial charge in [0.25, 0.3) is 9.05 Å².